The minimum atomic E-state index is -0.574. The molecule has 5 rings (SSSR count). The molecule has 0 spiro atoms. The van der Waals surface area contributed by atoms with Crippen molar-refractivity contribution in [2.75, 3.05) is 38.2 Å². The molecule has 1 aliphatic heterocycles. The number of piperazine rings is 1. The maximum Gasteiger partial charge on any atom is 0.410 e. The second kappa shape index (κ2) is 11.9. The summed E-state index contributed by atoms with van der Waals surface area (Å²) in [5.41, 5.74) is 1.87. The number of benzene rings is 2. The number of pyridine rings is 1. The first-order chi connectivity index (χ1) is 20.3. The second-order valence-electron chi connectivity index (χ2n) is 11.3. The van der Waals surface area contributed by atoms with Gasteiger partial charge in [0, 0.05) is 56.7 Å². The van der Waals surface area contributed by atoms with Crippen LogP contribution in [0.15, 0.2) is 59.7 Å². The van der Waals surface area contributed by atoms with Gasteiger partial charge in [0.2, 0.25) is 0 Å². The van der Waals surface area contributed by atoms with Crippen molar-refractivity contribution in [3.63, 3.8) is 0 Å². The van der Waals surface area contributed by atoms with Gasteiger partial charge in [-0.15, -0.1) is 0 Å². The van der Waals surface area contributed by atoms with Crippen molar-refractivity contribution in [1.29, 1.82) is 0 Å². The van der Waals surface area contributed by atoms with Gasteiger partial charge in [0.05, 0.1) is 17.8 Å². The lowest BCUT2D eigenvalue weighted by Crippen LogP contribution is -2.50. The number of carbonyl (C=O) groups excluding carboxylic acids is 1. The second-order valence-corrected chi connectivity index (χ2v) is 12.0. The first-order valence-corrected chi connectivity index (χ1v) is 14.4. The third kappa shape index (κ3) is 6.50. The van der Waals surface area contributed by atoms with Crippen molar-refractivity contribution in [1.82, 2.24) is 19.0 Å². The smallest absolute Gasteiger partial charge is 0.410 e. The van der Waals surface area contributed by atoms with E-state index in [0.29, 0.717) is 70.7 Å². The molecule has 0 unspecified atom stereocenters. The third-order valence-electron chi connectivity index (χ3n) is 7.07. The summed E-state index contributed by atoms with van der Waals surface area (Å²) in [6, 6.07) is 11.4. The van der Waals surface area contributed by atoms with Crippen LogP contribution in [-0.4, -0.2) is 64.0 Å². The van der Waals surface area contributed by atoms with E-state index in [1.165, 1.54) is 28.4 Å². The monoisotopic (exact) mass is 627 g/mol. The van der Waals surface area contributed by atoms with E-state index < -0.39 is 11.4 Å². The van der Waals surface area contributed by atoms with E-state index in [1.54, 1.807) is 48.6 Å². The van der Waals surface area contributed by atoms with Gasteiger partial charge in [0.25, 0.3) is 0 Å². The molecule has 0 aliphatic carbocycles. The fourth-order valence-corrected chi connectivity index (χ4v) is 5.48. The molecule has 2 aromatic carbocycles. The summed E-state index contributed by atoms with van der Waals surface area (Å²) < 4.78 is 29.4. The molecule has 0 bridgehead atoms. The molecule has 2 aromatic heterocycles. The predicted molar refractivity (Wildman–Crippen MR) is 166 cm³/mol. The van der Waals surface area contributed by atoms with Crippen molar-refractivity contribution in [3.05, 3.63) is 81.3 Å². The van der Waals surface area contributed by atoms with Gasteiger partial charge in [-0.25, -0.2) is 19.0 Å². The molecule has 1 aliphatic rings. The number of hydrogen-bond donors (Lipinski definition) is 0. The fourth-order valence-electron chi connectivity index (χ4n) is 5.00. The van der Waals surface area contributed by atoms with E-state index in [2.05, 4.69) is 4.98 Å². The zero-order chi connectivity index (χ0) is 31.1. The Morgan fingerprint density at radius 2 is 1.63 bits per heavy atom. The van der Waals surface area contributed by atoms with Gasteiger partial charge >= 0.3 is 11.8 Å². The molecular formula is C31H32Cl2FN5O4. The van der Waals surface area contributed by atoms with Crippen molar-refractivity contribution in [3.8, 4) is 33.7 Å². The quantitative estimate of drug-likeness (QED) is 0.238. The van der Waals surface area contributed by atoms with Crippen molar-refractivity contribution in [2.24, 2.45) is 7.05 Å². The first-order valence-electron chi connectivity index (χ1n) is 13.7. The summed E-state index contributed by atoms with van der Waals surface area (Å²) in [6.45, 7) is 7.46. The molecule has 0 radical (unpaired) electrons. The Hall–Kier alpha value is -4.02. The van der Waals surface area contributed by atoms with Crippen LogP contribution in [0.25, 0.3) is 27.9 Å². The summed E-state index contributed by atoms with van der Waals surface area (Å²) in [4.78, 5) is 33.1. The number of nitrogens with zero attached hydrogens (tertiary/aromatic N) is 5. The van der Waals surface area contributed by atoms with E-state index in [0.717, 1.165) is 0 Å². The van der Waals surface area contributed by atoms with Gasteiger partial charge in [-0.3, -0.25) is 4.57 Å². The molecule has 3 heterocycles. The molecule has 226 valence electrons. The van der Waals surface area contributed by atoms with E-state index in [-0.39, 0.29) is 16.9 Å². The number of aryl methyl sites for hydroxylation is 1. The number of methoxy groups -OCH3 is 1. The number of carbonyl (C=O) groups is 1. The van der Waals surface area contributed by atoms with Crippen LogP contribution in [-0.2, 0) is 11.8 Å². The van der Waals surface area contributed by atoms with Gasteiger partial charge in [0.1, 0.15) is 28.1 Å². The van der Waals surface area contributed by atoms with Crippen molar-refractivity contribution in [2.45, 2.75) is 26.4 Å². The molecule has 4 aromatic rings. The van der Waals surface area contributed by atoms with Gasteiger partial charge in [0.15, 0.2) is 0 Å². The van der Waals surface area contributed by atoms with E-state index in [9.17, 15) is 9.59 Å². The maximum atomic E-state index is 15.2. The molecule has 43 heavy (non-hydrogen) atoms. The molecule has 1 amide bonds. The number of imidazole rings is 1. The van der Waals surface area contributed by atoms with Crippen molar-refractivity contribution >= 4 is 35.1 Å². The normalized spacial score (nSPS) is 13.8. The average molecular weight is 629 g/mol. The van der Waals surface area contributed by atoms with Crippen LogP contribution < -0.4 is 15.3 Å². The van der Waals surface area contributed by atoms with Gasteiger partial charge in [-0.1, -0.05) is 29.3 Å². The van der Waals surface area contributed by atoms with E-state index in [1.807, 2.05) is 31.7 Å². The Labute approximate surface area is 259 Å². The highest BCUT2D eigenvalue weighted by Crippen LogP contribution is 2.42. The summed E-state index contributed by atoms with van der Waals surface area (Å²) in [6.07, 6.45) is 2.92. The highest BCUT2D eigenvalue weighted by Gasteiger charge is 2.27. The zero-order valence-electron chi connectivity index (χ0n) is 24.5. The Bertz CT molecular complexity index is 1740. The van der Waals surface area contributed by atoms with Crippen LogP contribution in [0.4, 0.5) is 15.0 Å². The fraction of sp³-hybridized carbons (Fsp3) is 0.323. The van der Waals surface area contributed by atoms with Crippen LogP contribution in [0.3, 0.4) is 0 Å². The summed E-state index contributed by atoms with van der Waals surface area (Å²) in [7, 11) is 3.17. The number of anilines is 1. The highest BCUT2D eigenvalue weighted by molar-refractivity contribution is 6.32. The van der Waals surface area contributed by atoms with Crippen LogP contribution in [0.1, 0.15) is 20.8 Å². The van der Waals surface area contributed by atoms with Gasteiger partial charge in [-0.2, -0.15) is 0 Å². The van der Waals surface area contributed by atoms with Gasteiger partial charge in [-0.05, 0) is 68.3 Å². The van der Waals surface area contributed by atoms with Crippen LogP contribution in [0.2, 0.25) is 10.2 Å². The largest absolute Gasteiger partial charge is 0.495 e. The molecule has 0 atom stereocenters. The Morgan fingerprint density at radius 3 is 2.21 bits per heavy atom. The lowest BCUT2D eigenvalue weighted by Gasteiger charge is -2.36. The number of hydrogen-bond acceptors (Lipinski definition) is 6. The SMILES string of the molecule is COc1c(-c2cc(Cl)nc(N3CCN(C(=O)OC(C)(C)C)CC3)c2)cc(F)cc1-c1ccc(-n2ccn(C)c2=O)c(Cl)c1. The van der Waals surface area contributed by atoms with Gasteiger partial charge < -0.3 is 23.8 Å². The molecule has 1 saturated heterocycles. The minimum Gasteiger partial charge on any atom is -0.495 e. The standard InChI is InChI=1S/C31H32Cl2FN5O4/c1-31(2,3)43-30(41)38-11-9-37(10-12-38)27-16-20(15-26(33)35-27)23-18-21(34)17-22(28(23)42-5)19-6-7-25(24(32)14-19)39-13-8-36(4)29(39)40/h6-8,13-18H,9-12H2,1-5H3. The predicted octanol–water partition coefficient (Wildman–Crippen LogP) is 6.42. The number of aromatic nitrogens is 3. The number of ether oxygens (including phenoxy) is 2. The Balaban J connectivity index is 1.47. The molecule has 12 heteroatoms. The molecular weight excluding hydrogens is 596 g/mol. The number of halogens is 3. The van der Waals surface area contributed by atoms with Crippen molar-refractivity contribution < 1.29 is 18.7 Å². The lowest BCUT2D eigenvalue weighted by atomic mass is 9.97. The Kier molecular flexibility index (Phi) is 8.45. The number of rotatable bonds is 5. The van der Waals surface area contributed by atoms with E-state index >= 15 is 4.39 Å². The van der Waals surface area contributed by atoms with Crippen LogP contribution >= 0.6 is 23.2 Å². The van der Waals surface area contributed by atoms with Crippen LogP contribution in [0, 0.1) is 5.82 Å². The number of amides is 1. The minimum absolute atomic E-state index is 0.232. The average Bonchev–Trinajstić information content (AvgIpc) is 3.28. The first kappa shape index (κ1) is 30.4. The molecule has 1 fully saturated rings. The third-order valence-corrected chi connectivity index (χ3v) is 7.57. The lowest BCUT2D eigenvalue weighted by molar-refractivity contribution is 0.0240. The highest BCUT2D eigenvalue weighted by atomic mass is 35.5. The maximum absolute atomic E-state index is 15.2. The molecule has 9 nitrogen and oxygen atoms in total. The molecule has 0 saturated carbocycles. The Morgan fingerprint density at radius 1 is 0.953 bits per heavy atom. The summed E-state index contributed by atoms with van der Waals surface area (Å²) >= 11 is 13.1. The topological polar surface area (TPSA) is 81.8 Å². The molecule has 0 N–H and O–H groups in total. The van der Waals surface area contributed by atoms with E-state index in [4.69, 9.17) is 32.7 Å². The zero-order valence-corrected chi connectivity index (χ0v) is 26.0. The summed E-state index contributed by atoms with van der Waals surface area (Å²) in [5, 5.41) is 0.550. The van der Waals surface area contributed by atoms with Crippen LogP contribution in [0.5, 0.6) is 5.75 Å². The summed E-state index contributed by atoms with van der Waals surface area (Å²) in [5.74, 6) is 0.538.